The van der Waals surface area contributed by atoms with E-state index in [0.717, 1.165) is 0 Å². The highest BCUT2D eigenvalue weighted by atomic mass is 79.9. The van der Waals surface area contributed by atoms with Crippen LogP contribution in [0.15, 0.2) is 22.7 Å². The van der Waals surface area contributed by atoms with E-state index in [1.54, 1.807) is 18.2 Å². The van der Waals surface area contributed by atoms with Crippen LogP contribution in [0.25, 0.3) is 0 Å². The van der Waals surface area contributed by atoms with Crippen LogP contribution in [0.2, 0.25) is 0 Å². The number of fused-ring (bicyclic) bond motifs is 1. The second kappa shape index (κ2) is 2.57. The van der Waals surface area contributed by atoms with Gasteiger partial charge in [-0.15, -0.1) is 0 Å². The monoisotopic (exact) mass is 228 g/mol. The molecule has 1 aromatic rings. The number of benzene rings is 1. The van der Waals surface area contributed by atoms with Gasteiger partial charge >= 0.3 is 5.97 Å². The first-order chi connectivity index (χ1) is 5.70. The number of cyclic esters (lactones) is 1. The molecular weight excluding hydrogens is 224 g/mol. The van der Waals surface area contributed by atoms with Crippen LogP contribution in [0.1, 0.15) is 22.2 Å². The standard InChI is InChI=1S/C8H5BrO3/c9-5-3-1-2-4-6(5)8(11)12-7(4)10/h1-3,7,10H. The third-order valence-corrected chi connectivity index (χ3v) is 2.40. The zero-order chi connectivity index (χ0) is 8.72. The van der Waals surface area contributed by atoms with Gasteiger partial charge in [-0.2, -0.15) is 0 Å². The van der Waals surface area contributed by atoms with Crippen molar-refractivity contribution >= 4 is 21.9 Å². The summed E-state index contributed by atoms with van der Waals surface area (Å²) < 4.78 is 5.25. The Bertz CT molecular complexity index is 348. The van der Waals surface area contributed by atoms with Gasteiger partial charge in [-0.25, -0.2) is 4.79 Å². The topological polar surface area (TPSA) is 46.5 Å². The van der Waals surface area contributed by atoms with Crippen LogP contribution < -0.4 is 0 Å². The molecule has 0 aromatic heterocycles. The van der Waals surface area contributed by atoms with E-state index in [0.29, 0.717) is 15.6 Å². The Morgan fingerprint density at radius 3 is 2.92 bits per heavy atom. The summed E-state index contributed by atoms with van der Waals surface area (Å²) in [6.45, 7) is 0. The molecule has 1 aliphatic heterocycles. The minimum Gasteiger partial charge on any atom is -0.428 e. The van der Waals surface area contributed by atoms with Crippen LogP contribution >= 0.6 is 15.9 Å². The summed E-state index contributed by atoms with van der Waals surface area (Å²) in [7, 11) is 0. The molecule has 0 radical (unpaired) electrons. The van der Waals surface area contributed by atoms with Crippen molar-refractivity contribution in [2.45, 2.75) is 6.29 Å². The van der Waals surface area contributed by atoms with Gasteiger partial charge in [0.15, 0.2) is 0 Å². The Labute approximate surface area is 77.1 Å². The molecule has 2 rings (SSSR count). The van der Waals surface area contributed by atoms with Crippen molar-refractivity contribution in [1.82, 2.24) is 0 Å². The molecule has 3 nitrogen and oxygen atoms in total. The maximum atomic E-state index is 11.1. The summed E-state index contributed by atoms with van der Waals surface area (Å²) >= 11 is 3.20. The van der Waals surface area contributed by atoms with E-state index in [1.807, 2.05) is 0 Å². The molecule has 0 bridgehead atoms. The number of ether oxygens (including phenoxy) is 1. The molecule has 1 unspecified atom stereocenters. The van der Waals surface area contributed by atoms with Gasteiger partial charge in [-0.05, 0) is 22.0 Å². The number of halogens is 1. The van der Waals surface area contributed by atoms with E-state index in [9.17, 15) is 9.90 Å². The van der Waals surface area contributed by atoms with Gasteiger partial charge in [-0.3, -0.25) is 0 Å². The average Bonchev–Trinajstić information content (AvgIpc) is 2.29. The van der Waals surface area contributed by atoms with Gasteiger partial charge in [0.2, 0.25) is 6.29 Å². The second-order valence-electron chi connectivity index (χ2n) is 2.46. The van der Waals surface area contributed by atoms with Gasteiger partial charge in [0.05, 0.1) is 5.56 Å². The second-order valence-corrected chi connectivity index (χ2v) is 3.32. The SMILES string of the molecule is O=C1OC(O)c2cccc(Br)c21. The predicted octanol–water partition coefficient (Wildman–Crippen LogP) is 1.61. The average molecular weight is 229 g/mol. The molecule has 0 spiro atoms. The van der Waals surface area contributed by atoms with Crippen LogP contribution in [0.4, 0.5) is 0 Å². The molecule has 0 aliphatic carbocycles. The fourth-order valence-corrected chi connectivity index (χ4v) is 1.73. The number of carbonyl (C=O) groups is 1. The van der Waals surface area contributed by atoms with Crippen molar-refractivity contribution in [2.75, 3.05) is 0 Å². The lowest BCUT2D eigenvalue weighted by molar-refractivity contribution is -0.0547. The van der Waals surface area contributed by atoms with Gasteiger partial charge < -0.3 is 9.84 Å². The fourth-order valence-electron chi connectivity index (χ4n) is 1.19. The van der Waals surface area contributed by atoms with E-state index in [2.05, 4.69) is 20.7 Å². The highest BCUT2D eigenvalue weighted by Gasteiger charge is 2.30. The van der Waals surface area contributed by atoms with Gasteiger partial charge in [-0.1, -0.05) is 12.1 Å². The molecule has 0 amide bonds. The molecule has 1 atom stereocenters. The van der Waals surface area contributed by atoms with Gasteiger partial charge in [0, 0.05) is 10.0 Å². The lowest BCUT2D eigenvalue weighted by atomic mass is 10.1. The highest BCUT2D eigenvalue weighted by molar-refractivity contribution is 9.10. The predicted molar refractivity (Wildman–Crippen MR) is 44.5 cm³/mol. The quantitative estimate of drug-likeness (QED) is 0.687. The smallest absolute Gasteiger partial charge is 0.342 e. The summed E-state index contributed by atoms with van der Waals surface area (Å²) in [6, 6.07) is 5.14. The van der Waals surface area contributed by atoms with Crippen LogP contribution in [-0.4, -0.2) is 11.1 Å². The minimum absolute atomic E-state index is 0.421. The van der Waals surface area contributed by atoms with Crippen LogP contribution in [-0.2, 0) is 4.74 Å². The van der Waals surface area contributed by atoms with Crippen molar-refractivity contribution < 1.29 is 14.6 Å². The lowest BCUT2D eigenvalue weighted by Gasteiger charge is -1.99. The van der Waals surface area contributed by atoms with E-state index in [1.165, 1.54) is 0 Å². The normalized spacial score (nSPS) is 20.5. The lowest BCUT2D eigenvalue weighted by Crippen LogP contribution is -1.96. The number of carbonyl (C=O) groups excluding carboxylic acids is 1. The maximum absolute atomic E-state index is 11.1. The van der Waals surface area contributed by atoms with Crippen molar-refractivity contribution in [3.05, 3.63) is 33.8 Å². The zero-order valence-corrected chi connectivity index (χ0v) is 7.54. The van der Waals surface area contributed by atoms with Gasteiger partial charge in [0.25, 0.3) is 0 Å². The molecular formula is C8H5BrO3. The summed E-state index contributed by atoms with van der Waals surface area (Å²) in [5.41, 5.74) is 0.944. The summed E-state index contributed by atoms with van der Waals surface area (Å²) in [6.07, 6.45) is -1.11. The molecule has 0 fully saturated rings. The fraction of sp³-hybridized carbons (Fsp3) is 0.125. The Hall–Kier alpha value is -0.870. The number of hydrogen-bond donors (Lipinski definition) is 1. The number of rotatable bonds is 0. The Kier molecular flexibility index (Phi) is 1.66. The number of aliphatic hydroxyl groups excluding tert-OH is 1. The third kappa shape index (κ3) is 0.956. The van der Waals surface area contributed by atoms with Crippen molar-refractivity contribution in [3.63, 3.8) is 0 Å². The summed E-state index contributed by atoms with van der Waals surface area (Å²) in [5, 5.41) is 9.21. The summed E-state index contributed by atoms with van der Waals surface area (Å²) in [4.78, 5) is 11.1. The molecule has 0 saturated carbocycles. The van der Waals surface area contributed by atoms with Gasteiger partial charge in [0.1, 0.15) is 0 Å². The minimum atomic E-state index is -1.11. The van der Waals surface area contributed by atoms with Crippen LogP contribution in [0.3, 0.4) is 0 Å². The molecule has 62 valence electrons. The number of hydrogen-bond acceptors (Lipinski definition) is 3. The van der Waals surface area contributed by atoms with E-state index in [-0.39, 0.29) is 0 Å². The van der Waals surface area contributed by atoms with Crippen molar-refractivity contribution in [2.24, 2.45) is 0 Å². The maximum Gasteiger partial charge on any atom is 0.342 e. The largest absolute Gasteiger partial charge is 0.428 e. The Balaban J connectivity index is 2.67. The van der Waals surface area contributed by atoms with Crippen LogP contribution in [0, 0.1) is 0 Å². The summed E-state index contributed by atoms with van der Waals surface area (Å²) in [5.74, 6) is -0.482. The molecule has 12 heavy (non-hydrogen) atoms. The van der Waals surface area contributed by atoms with Crippen molar-refractivity contribution in [3.8, 4) is 0 Å². The molecule has 1 heterocycles. The van der Waals surface area contributed by atoms with E-state index < -0.39 is 12.3 Å². The molecule has 1 aliphatic rings. The van der Waals surface area contributed by atoms with E-state index >= 15 is 0 Å². The first-order valence-corrected chi connectivity index (χ1v) is 4.17. The third-order valence-electron chi connectivity index (χ3n) is 1.73. The molecule has 0 saturated heterocycles. The van der Waals surface area contributed by atoms with Crippen LogP contribution in [0.5, 0.6) is 0 Å². The highest BCUT2D eigenvalue weighted by Crippen LogP contribution is 2.33. The molecule has 4 heteroatoms. The van der Waals surface area contributed by atoms with Crippen molar-refractivity contribution in [1.29, 1.82) is 0 Å². The number of esters is 1. The molecule has 1 aromatic carbocycles. The number of aliphatic hydroxyl groups is 1. The first kappa shape index (κ1) is 7.76. The Morgan fingerprint density at radius 1 is 1.50 bits per heavy atom. The first-order valence-electron chi connectivity index (χ1n) is 3.37. The van der Waals surface area contributed by atoms with E-state index in [4.69, 9.17) is 0 Å². The zero-order valence-electron chi connectivity index (χ0n) is 5.95. The Morgan fingerprint density at radius 2 is 2.25 bits per heavy atom. The molecule has 1 N–H and O–H groups in total.